The van der Waals surface area contributed by atoms with E-state index >= 15 is 0 Å². The number of aliphatic hydroxyl groups excluding tert-OH is 1. The maximum atomic E-state index is 12.3. The van der Waals surface area contributed by atoms with E-state index in [1.54, 1.807) is 19.4 Å². The number of allylic oxidation sites excluding steroid dienone is 1. The fourth-order valence-corrected chi connectivity index (χ4v) is 8.48. The fourth-order valence-electron chi connectivity index (χ4n) is 8.48. The van der Waals surface area contributed by atoms with Crippen LogP contribution >= 0.6 is 0 Å². The van der Waals surface area contributed by atoms with Gasteiger partial charge in [0.15, 0.2) is 5.78 Å². The summed E-state index contributed by atoms with van der Waals surface area (Å²) in [6, 6.07) is 0. The van der Waals surface area contributed by atoms with Gasteiger partial charge in [-0.15, -0.1) is 0 Å². The van der Waals surface area contributed by atoms with E-state index in [4.69, 9.17) is 0 Å². The van der Waals surface area contributed by atoms with Crippen molar-refractivity contribution in [1.29, 1.82) is 0 Å². The second kappa shape index (κ2) is 7.73. The van der Waals surface area contributed by atoms with E-state index < -0.39 is 5.60 Å². The average molecular weight is 417 g/mol. The molecule has 4 aliphatic carbocycles. The van der Waals surface area contributed by atoms with Gasteiger partial charge < -0.3 is 10.2 Å². The predicted molar refractivity (Wildman–Crippen MR) is 121 cm³/mol. The van der Waals surface area contributed by atoms with Gasteiger partial charge in [-0.25, -0.2) is 0 Å². The van der Waals surface area contributed by atoms with E-state index in [2.05, 4.69) is 26.8 Å². The molecule has 4 aliphatic rings. The summed E-state index contributed by atoms with van der Waals surface area (Å²) >= 11 is 0. The van der Waals surface area contributed by atoms with Crippen LogP contribution in [0.25, 0.3) is 0 Å². The molecule has 170 valence electrons. The summed E-state index contributed by atoms with van der Waals surface area (Å²) in [5.74, 6) is 3.60. The Morgan fingerprint density at radius 1 is 1.17 bits per heavy atom. The van der Waals surface area contributed by atoms with E-state index in [9.17, 15) is 15.0 Å². The largest absolute Gasteiger partial charge is 0.393 e. The van der Waals surface area contributed by atoms with E-state index in [-0.39, 0.29) is 11.9 Å². The van der Waals surface area contributed by atoms with Gasteiger partial charge in [-0.05, 0) is 112 Å². The summed E-state index contributed by atoms with van der Waals surface area (Å²) in [6.07, 6.45) is 13.3. The third-order valence-corrected chi connectivity index (χ3v) is 10.3. The number of carbonyl (C=O) groups is 1. The zero-order chi connectivity index (χ0) is 21.9. The summed E-state index contributed by atoms with van der Waals surface area (Å²) in [5, 5.41) is 20.2. The molecular formula is C27H44O3. The highest BCUT2D eigenvalue weighted by molar-refractivity contribution is 5.86. The fraction of sp³-hybridized carbons (Fsp3) is 0.889. The molecule has 0 amide bonds. The SMILES string of the molecule is C[C@H](CCC(=O)C(C)(C)O)[C@H]1CC[C@H]2[C@@H]3CC=C4CC(O)CC[C@]4(C)[C@H]3CC[C@]12C. The molecule has 3 heteroatoms. The molecule has 0 radical (unpaired) electrons. The summed E-state index contributed by atoms with van der Waals surface area (Å²) in [7, 11) is 0. The number of hydrogen-bond donors (Lipinski definition) is 2. The molecular weight excluding hydrogens is 372 g/mol. The Hall–Kier alpha value is -0.670. The second-order valence-corrected chi connectivity index (χ2v) is 12.4. The molecule has 0 aliphatic heterocycles. The van der Waals surface area contributed by atoms with Crippen molar-refractivity contribution in [1.82, 2.24) is 0 Å². The molecule has 0 aromatic carbocycles. The lowest BCUT2D eigenvalue weighted by Gasteiger charge is -2.58. The van der Waals surface area contributed by atoms with Crippen LogP contribution in [0, 0.1) is 40.4 Å². The monoisotopic (exact) mass is 416 g/mol. The van der Waals surface area contributed by atoms with Crippen molar-refractivity contribution in [3.8, 4) is 0 Å². The summed E-state index contributed by atoms with van der Waals surface area (Å²) in [6.45, 7) is 10.6. The van der Waals surface area contributed by atoms with Gasteiger partial charge in [-0.1, -0.05) is 32.4 Å². The Bertz CT molecular complexity index is 703. The quantitative estimate of drug-likeness (QED) is 0.567. The molecule has 3 fully saturated rings. The van der Waals surface area contributed by atoms with Crippen molar-refractivity contribution in [3.05, 3.63) is 11.6 Å². The number of rotatable bonds is 5. The third kappa shape index (κ3) is 3.62. The molecule has 2 N–H and O–H groups in total. The molecule has 3 nitrogen and oxygen atoms in total. The first-order chi connectivity index (χ1) is 14.0. The lowest BCUT2D eigenvalue weighted by Crippen LogP contribution is -2.50. The van der Waals surface area contributed by atoms with E-state index in [0.29, 0.717) is 29.1 Å². The van der Waals surface area contributed by atoms with E-state index in [0.717, 1.165) is 43.4 Å². The zero-order valence-corrected chi connectivity index (χ0v) is 19.9. The number of aliphatic hydroxyl groups is 2. The Balaban J connectivity index is 1.48. The number of ketones is 1. The normalized spacial score (nSPS) is 44.5. The number of carbonyl (C=O) groups excluding carboxylic acids is 1. The lowest BCUT2D eigenvalue weighted by molar-refractivity contribution is -0.134. The first-order valence-corrected chi connectivity index (χ1v) is 12.6. The summed E-state index contributed by atoms with van der Waals surface area (Å²) < 4.78 is 0. The van der Waals surface area contributed by atoms with Gasteiger partial charge in [0.25, 0.3) is 0 Å². The Labute approximate surface area is 183 Å². The van der Waals surface area contributed by atoms with Crippen LogP contribution in [0.4, 0.5) is 0 Å². The number of fused-ring (bicyclic) bond motifs is 5. The average Bonchev–Trinajstić information content (AvgIpc) is 3.03. The van der Waals surface area contributed by atoms with Gasteiger partial charge in [-0.3, -0.25) is 4.79 Å². The Kier molecular flexibility index (Phi) is 5.80. The minimum atomic E-state index is -1.20. The van der Waals surface area contributed by atoms with Crippen molar-refractivity contribution in [2.75, 3.05) is 0 Å². The van der Waals surface area contributed by atoms with Gasteiger partial charge in [0.1, 0.15) is 5.60 Å². The molecule has 30 heavy (non-hydrogen) atoms. The Morgan fingerprint density at radius 2 is 1.90 bits per heavy atom. The summed E-state index contributed by atoms with van der Waals surface area (Å²) in [5.41, 5.74) is 1.06. The smallest absolute Gasteiger partial charge is 0.163 e. The van der Waals surface area contributed by atoms with E-state index in [1.807, 2.05) is 0 Å². The van der Waals surface area contributed by atoms with Crippen LogP contribution in [-0.2, 0) is 4.79 Å². The molecule has 0 saturated heterocycles. The molecule has 0 aromatic rings. The minimum absolute atomic E-state index is 0.0184. The molecule has 3 saturated carbocycles. The van der Waals surface area contributed by atoms with E-state index in [1.165, 1.54) is 32.1 Å². The van der Waals surface area contributed by atoms with Gasteiger partial charge in [-0.2, -0.15) is 0 Å². The lowest BCUT2D eigenvalue weighted by atomic mass is 9.47. The van der Waals surface area contributed by atoms with Crippen LogP contribution in [-0.4, -0.2) is 27.7 Å². The van der Waals surface area contributed by atoms with Crippen molar-refractivity contribution < 1.29 is 15.0 Å². The van der Waals surface area contributed by atoms with Crippen LogP contribution in [0.2, 0.25) is 0 Å². The van der Waals surface area contributed by atoms with Gasteiger partial charge in [0.05, 0.1) is 6.10 Å². The molecule has 0 bridgehead atoms. The molecule has 0 spiro atoms. The minimum Gasteiger partial charge on any atom is -0.393 e. The van der Waals surface area contributed by atoms with Crippen LogP contribution in [0.1, 0.15) is 98.8 Å². The summed E-state index contributed by atoms with van der Waals surface area (Å²) in [4.78, 5) is 12.3. The Morgan fingerprint density at radius 3 is 2.60 bits per heavy atom. The number of hydrogen-bond acceptors (Lipinski definition) is 3. The highest BCUT2D eigenvalue weighted by atomic mass is 16.3. The van der Waals surface area contributed by atoms with Gasteiger partial charge in [0, 0.05) is 6.42 Å². The first kappa shape index (κ1) is 22.5. The van der Waals surface area contributed by atoms with Crippen LogP contribution in [0.3, 0.4) is 0 Å². The van der Waals surface area contributed by atoms with Crippen LogP contribution in [0.15, 0.2) is 11.6 Å². The predicted octanol–water partition coefficient (Wildman–Crippen LogP) is 5.68. The van der Waals surface area contributed by atoms with Crippen LogP contribution in [0.5, 0.6) is 0 Å². The first-order valence-electron chi connectivity index (χ1n) is 12.6. The molecule has 8 atom stereocenters. The molecule has 1 unspecified atom stereocenters. The van der Waals surface area contributed by atoms with Crippen molar-refractivity contribution >= 4 is 5.78 Å². The van der Waals surface area contributed by atoms with Crippen molar-refractivity contribution in [2.24, 2.45) is 40.4 Å². The zero-order valence-electron chi connectivity index (χ0n) is 19.9. The molecule has 0 aromatic heterocycles. The standard InChI is InChI=1S/C27H44O3/c1-17(6-11-24(29)25(2,3)30)21-9-10-22-20-8-7-18-16-19(28)12-14-26(18,4)23(20)13-15-27(21,22)5/h7,17,19-23,28,30H,6,8-16H2,1-5H3/t17-,19?,20+,21-,22+,23+,26+,27-/m1/s1. The highest BCUT2D eigenvalue weighted by Gasteiger charge is 2.59. The van der Waals surface area contributed by atoms with Crippen molar-refractivity contribution in [2.45, 2.75) is 111 Å². The van der Waals surface area contributed by atoms with Crippen LogP contribution < -0.4 is 0 Å². The topological polar surface area (TPSA) is 57.5 Å². The van der Waals surface area contributed by atoms with Gasteiger partial charge in [0.2, 0.25) is 0 Å². The second-order valence-electron chi connectivity index (χ2n) is 12.4. The third-order valence-electron chi connectivity index (χ3n) is 10.3. The number of Topliss-reactive ketones (excluding diaryl/α,β-unsaturated/α-hetero) is 1. The van der Waals surface area contributed by atoms with Gasteiger partial charge >= 0.3 is 0 Å². The molecule has 4 rings (SSSR count). The van der Waals surface area contributed by atoms with Crippen molar-refractivity contribution in [3.63, 3.8) is 0 Å². The molecule has 0 heterocycles. The maximum absolute atomic E-state index is 12.3. The maximum Gasteiger partial charge on any atom is 0.163 e. The highest BCUT2D eigenvalue weighted by Crippen LogP contribution is 2.67.